The highest BCUT2D eigenvalue weighted by atomic mass is 32.1. The summed E-state index contributed by atoms with van der Waals surface area (Å²) in [6.45, 7) is 7.47. The first-order chi connectivity index (χ1) is 12.2. The second kappa shape index (κ2) is 9.36. The van der Waals surface area contributed by atoms with Crippen molar-refractivity contribution >= 4 is 28.6 Å². The minimum atomic E-state index is 0.691. The predicted octanol–water partition coefficient (Wildman–Crippen LogP) is 3.70. The quantitative estimate of drug-likeness (QED) is 0.597. The predicted molar refractivity (Wildman–Crippen MR) is 110 cm³/mol. The van der Waals surface area contributed by atoms with Crippen molar-refractivity contribution < 1.29 is 0 Å². The van der Waals surface area contributed by atoms with Gasteiger partial charge >= 0.3 is 0 Å². The lowest BCUT2D eigenvalue weighted by molar-refractivity contribution is 0.169. The molecule has 2 N–H and O–H groups in total. The van der Waals surface area contributed by atoms with Crippen LogP contribution in [0, 0.1) is 12.8 Å². The van der Waals surface area contributed by atoms with Crippen LogP contribution in [0.3, 0.4) is 0 Å². The molecule has 1 saturated heterocycles. The van der Waals surface area contributed by atoms with Crippen LogP contribution in [0.25, 0.3) is 0 Å². The number of thiophene rings is 2. The van der Waals surface area contributed by atoms with Gasteiger partial charge in [-0.3, -0.25) is 9.89 Å². The molecule has 136 valence electrons. The van der Waals surface area contributed by atoms with Crippen molar-refractivity contribution in [3.8, 4) is 0 Å². The normalized spacial score (nSPS) is 19.1. The Morgan fingerprint density at radius 3 is 2.92 bits per heavy atom. The summed E-state index contributed by atoms with van der Waals surface area (Å²) < 4.78 is 0. The van der Waals surface area contributed by atoms with Crippen molar-refractivity contribution in [3.05, 3.63) is 44.3 Å². The SMILES string of the molecule is CN=C(NCc1ccc(C)s1)NCC1CCCN(Cc2cccs2)C1. The molecule has 0 radical (unpaired) electrons. The summed E-state index contributed by atoms with van der Waals surface area (Å²) in [5.74, 6) is 1.60. The molecule has 0 amide bonds. The number of likely N-dealkylation sites (tertiary alicyclic amines) is 1. The van der Waals surface area contributed by atoms with Crippen LogP contribution in [0.4, 0.5) is 0 Å². The van der Waals surface area contributed by atoms with Gasteiger partial charge in [0.05, 0.1) is 6.54 Å². The van der Waals surface area contributed by atoms with Crippen molar-refractivity contribution in [2.24, 2.45) is 10.9 Å². The Morgan fingerprint density at radius 1 is 1.28 bits per heavy atom. The summed E-state index contributed by atoms with van der Waals surface area (Å²) in [6.07, 6.45) is 2.59. The monoisotopic (exact) mass is 376 g/mol. The molecule has 2 aromatic rings. The van der Waals surface area contributed by atoms with Crippen LogP contribution in [0.15, 0.2) is 34.6 Å². The van der Waals surface area contributed by atoms with Crippen LogP contribution in [0.5, 0.6) is 0 Å². The van der Waals surface area contributed by atoms with E-state index in [1.165, 1.54) is 40.6 Å². The minimum absolute atomic E-state index is 0.691. The Labute approximate surface area is 159 Å². The molecule has 1 atom stereocenters. The second-order valence-electron chi connectivity index (χ2n) is 6.64. The zero-order valence-electron chi connectivity index (χ0n) is 15.1. The van der Waals surface area contributed by atoms with Crippen LogP contribution in [-0.4, -0.2) is 37.5 Å². The minimum Gasteiger partial charge on any atom is -0.356 e. The van der Waals surface area contributed by atoms with Crippen LogP contribution in [-0.2, 0) is 13.1 Å². The second-order valence-corrected chi connectivity index (χ2v) is 9.05. The fourth-order valence-corrected chi connectivity index (χ4v) is 4.87. The lowest BCUT2D eigenvalue weighted by atomic mass is 9.98. The number of aliphatic imine (C=N–C) groups is 1. The number of rotatable bonds is 6. The zero-order valence-corrected chi connectivity index (χ0v) is 16.8. The van der Waals surface area contributed by atoms with Gasteiger partial charge in [0.2, 0.25) is 0 Å². The van der Waals surface area contributed by atoms with E-state index >= 15 is 0 Å². The fraction of sp³-hybridized carbons (Fsp3) is 0.526. The Bertz CT molecular complexity index is 663. The van der Waals surface area contributed by atoms with Gasteiger partial charge in [0, 0.05) is 41.3 Å². The van der Waals surface area contributed by atoms with Crippen molar-refractivity contribution in [3.63, 3.8) is 0 Å². The molecule has 0 saturated carbocycles. The molecule has 1 aliphatic rings. The van der Waals surface area contributed by atoms with E-state index in [1.807, 2.05) is 29.7 Å². The van der Waals surface area contributed by atoms with Gasteiger partial charge < -0.3 is 10.6 Å². The van der Waals surface area contributed by atoms with Crippen LogP contribution in [0.2, 0.25) is 0 Å². The van der Waals surface area contributed by atoms with Crippen molar-refractivity contribution in [2.75, 3.05) is 26.7 Å². The Balaban J connectivity index is 1.41. The van der Waals surface area contributed by atoms with Gasteiger partial charge in [0.1, 0.15) is 0 Å². The first-order valence-electron chi connectivity index (χ1n) is 8.97. The summed E-state index contributed by atoms with van der Waals surface area (Å²) in [6, 6.07) is 8.74. The molecule has 4 nitrogen and oxygen atoms in total. The van der Waals surface area contributed by atoms with Crippen LogP contribution >= 0.6 is 22.7 Å². The van der Waals surface area contributed by atoms with Crippen molar-refractivity contribution in [1.82, 2.24) is 15.5 Å². The van der Waals surface area contributed by atoms with Gasteiger partial charge in [-0.25, -0.2) is 0 Å². The van der Waals surface area contributed by atoms with Gasteiger partial charge in [-0.2, -0.15) is 0 Å². The molecular formula is C19H28N4S2. The van der Waals surface area contributed by atoms with Crippen LogP contribution < -0.4 is 10.6 Å². The van der Waals surface area contributed by atoms with E-state index in [-0.39, 0.29) is 0 Å². The highest BCUT2D eigenvalue weighted by Gasteiger charge is 2.20. The van der Waals surface area contributed by atoms with Crippen molar-refractivity contribution in [1.29, 1.82) is 0 Å². The first kappa shape index (κ1) is 18.4. The lowest BCUT2D eigenvalue weighted by Gasteiger charge is -2.32. The molecule has 6 heteroatoms. The van der Waals surface area contributed by atoms with E-state index in [4.69, 9.17) is 0 Å². The number of hydrogen-bond donors (Lipinski definition) is 2. The fourth-order valence-electron chi connectivity index (χ4n) is 3.30. The Hall–Kier alpha value is -1.37. The lowest BCUT2D eigenvalue weighted by Crippen LogP contribution is -2.43. The highest BCUT2D eigenvalue weighted by molar-refractivity contribution is 7.11. The maximum Gasteiger partial charge on any atom is 0.191 e. The van der Waals surface area contributed by atoms with Gasteiger partial charge in [-0.1, -0.05) is 6.07 Å². The summed E-state index contributed by atoms with van der Waals surface area (Å²) in [5, 5.41) is 9.11. The molecule has 3 heterocycles. The molecule has 25 heavy (non-hydrogen) atoms. The summed E-state index contributed by atoms with van der Waals surface area (Å²) in [7, 11) is 1.85. The van der Waals surface area contributed by atoms with Gasteiger partial charge in [-0.05, 0) is 55.8 Å². The van der Waals surface area contributed by atoms with Gasteiger partial charge in [-0.15, -0.1) is 22.7 Å². The van der Waals surface area contributed by atoms with Crippen molar-refractivity contribution in [2.45, 2.75) is 32.9 Å². The number of piperidine rings is 1. The third kappa shape index (κ3) is 5.83. The average Bonchev–Trinajstić information content (AvgIpc) is 3.27. The molecule has 0 bridgehead atoms. The Morgan fingerprint density at radius 2 is 2.20 bits per heavy atom. The standard InChI is InChI=1S/C19H28N4S2/c1-15-7-8-17(25-15)12-22-19(20-2)21-11-16-5-3-9-23(13-16)14-18-6-4-10-24-18/h4,6-8,10,16H,3,5,9,11-14H2,1-2H3,(H2,20,21,22). The van der Waals surface area contributed by atoms with E-state index in [9.17, 15) is 0 Å². The molecule has 0 aromatic carbocycles. The molecule has 0 aliphatic carbocycles. The summed E-state index contributed by atoms with van der Waals surface area (Å²) in [4.78, 5) is 11.1. The summed E-state index contributed by atoms with van der Waals surface area (Å²) >= 11 is 3.70. The van der Waals surface area contributed by atoms with Crippen LogP contribution in [0.1, 0.15) is 27.5 Å². The molecule has 1 aliphatic heterocycles. The Kier molecular flexibility index (Phi) is 6.90. The highest BCUT2D eigenvalue weighted by Crippen LogP contribution is 2.20. The molecule has 3 rings (SSSR count). The van der Waals surface area contributed by atoms with E-state index in [2.05, 4.69) is 57.1 Å². The third-order valence-corrected chi connectivity index (χ3v) is 6.43. The average molecular weight is 377 g/mol. The molecule has 1 fully saturated rings. The maximum absolute atomic E-state index is 4.36. The van der Waals surface area contributed by atoms with E-state index < -0.39 is 0 Å². The number of hydrogen-bond acceptors (Lipinski definition) is 4. The number of nitrogens with one attached hydrogen (secondary N) is 2. The van der Waals surface area contributed by atoms with Gasteiger partial charge in [0.25, 0.3) is 0 Å². The molecule has 1 unspecified atom stereocenters. The summed E-state index contributed by atoms with van der Waals surface area (Å²) in [5.41, 5.74) is 0. The van der Waals surface area contributed by atoms with E-state index in [1.54, 1.807) is 0 Å². The smallest absolute Gasteiger partial charge is 0.191 e. The van der Waals surface area contributed by atoms with E-state index in [0.717, 1.165) is 25.6 Å². The molecule has 0 spiro atoms. The number of guanidine groups is 1. The topological polar surface area (TPSA) is 39.7 Å². The maximum atomic E-state index is 4.36. The number of nitrogens with zero attached hydrogens (tertiary/aromatic N) is 2. The third-order valence-electron chi connectivity index (χ3n) is 4.57. The first-order valence-corrected chi connectivity index (χ1v) is 10.7. The molecular weight excluding hydrogens is 348 g/mol. The van der Waals surface area contributed by atoms with E-state index in [0.29, 0.717) is 5.92 Å². The molecule has 2 aromatic heterocycles. The zero-order chi connectivity index (χ0) is 17.5. The largest absolute Gasteiger partial charge is 0.356 e. The number of aryl methyl sites for hydroxylation is 1. The van der Waals surface area contributed by atoms with Gasteiger partial charge in [0.15, 0.2) is 5.96 Å².